The number of aliphatic hydroxyl groups is 1. The fraction of sp³-hybridized carbons (Fsp3) is 0.938. The molecular formula is C16H25F2NO2. The summed E-state index contributed by atoms with van der Waals surface area (Å²) in [6, 6.07) is 0.191. The molecule has 0 radical (unpaired) electrons. The minimum atomic E-state index is -2.58. The number of carbonyl (C=O) groups excluding carboxylic acids is 1. The van der Waals surface area contributed by atoms with Crippen LogP contribution in [0.2, 0.25) is 0 Å². The van der Waals surface area contributed by atoms with E-state index in [0.717, 1.165) is 32.2 Å². The third kappa shape index (κ3) is 2.81. The standard InChI is InChI=1S/C16H25F2NO2/c1-15-8-9-19(13(15)3-2-12(20)10-15)14(21)11-4-6-16(17,18)7-5-11/h11-13,20H,2-10H2,1H3/t12-,13-,15+/m1/s1. The van der Waals surface area contributed by atoms with Crippen molar-refractivity contribution in [1.82, 2.24) is 4.90 Å². The van der Waals surface area contributed by atoms with Crippen molar-refractivity contribution in [3.05, 3.63) is 0 Å². The molecule has 3 atom stereocenters. The van der Waals surface area contributed by atoms with Crippen LogP contribution in [0.4, 0.5) is 8.78 Å². The van der Waals surface area contributed by atoms with Crippen LogP contribution >= 0.6 is 0 Å². The van der Waals surface area contributed by atoms with Gasteiger partial charge in [0.05, 0.1) is 6.10 Å². The van der Waals surface area contributed by atoms with Gasteiger partial charge < -0.3 is 10.0 Å². The van der Waals surface area contributed by atoms with Crippen molar-refractivity contribution in [2.45, 2.75) is 76.4 Å². The van der Waals surface area contributed by atoms with E-state index in [1.54, 1.807) is 0 Å². The summed E-state index contributed by atoms with van der Waals surface area (Å²) in [6.45, 7) is 2.88. The Bertz CT molecular complexity index is 419. The molecule has 1 N–H and O–H groups in total. The van der Waals surface area contributed by atoms with Crippen LogP contribution in [0.25, 0.3) is 0 Å². The van der Waals surface area contributed by atoms with Gasteiger partial charge in [0.25, 0.3) is 0 Å². The smallest absolute Gasteiger partial charge is 0.248 e. The molecule has 3 nitrogen and oxygen atoms in total. The molecule has 0 aromatic carbocycles. The molecule has 3 fully saturated rings. The fourth-order valence-electron chi connectivity index (χ4n) is 4.59. The summed E-state index contributed by atoms with van der Waals surface area (Å²) in [7, 11) is 0. The van der Waals surface area contributed by atoms with E-state index in [4.69, 9.17) is 0 Å². The number of likely N-dealkylation sites (tertiary alicyclic amines) is 1. The second-order valence-electron chi connectivity index (χ2n) is 7.52. The molecule has 1 aliphatic heterocycles. The molecule has 2 saturated carbocycles. The Labute approximate surface area is 124 Å². The number of aliphatic hydroxyl groups excluding tert-OH is 1. The summed E-state index contributed by atoms with van der Waals surface area (Å²) in [5.41, 5.74) is 0.00588. The Morgan fingerprint density at radius 3 is 2.48 bits per heavy atom. The number of amides is 1. The van der Waals surface area contributed by atoms with Gasteiger partial charge in [-0.25, -0.2) is 8.78 Å². The largest absolute Gasteiger partial charge is 0.393 e. The second kappa shape index (κ2) is 5.18. The maximum atomic E-state index is 13.2. The van der Waals surface area contributed by atoms with Crippen LogP contribution in [0.15, 0.2) is 0 Å². The van der Waals surface area contributed by atoms with Crippen LogP contribution in [0, 0.1) is 11.3 Å². The van der Waals surface area contributed by atoms with Gasteiger partial charge in [0.2, 0.25) is 11.8 Å². The van der Waals surface area contributed by atoms with Crippen molar-refractivity contribution in [1.29, 1.82) is 0 Å². The maximum absolute atomic E-state index is 13.2. The SMILES string of the molecule is C[C@@]12CCN(C(=O)C3CCC(F)(F)CC3)[C@@H]1CC[C@@H](O)C2. The lowest BCUT2D eigenvalue weighted by molar-refractivity contribution is -0.142. The molecule has 0 unspecified atom stereocenters. The lowest BCUT2D eigenvalue weighted by Crippen LogP contribution is -2.48. The van der Waals surface area contributed by atoms with Crippen molar-refractivity contribution in [3.63, 3.8) is 0 Å². The first-order valence-corrected chi connectivity index (χ1v) is 8.17. The van der Waals surface area contributed by atoms with Gasteiger partial charge in [0.15, 0.2) is 0 Å². The predicted molar refractivity (Wildman–Crippen MR) is 75.0 cm³/mol. The zero-order valence-electron chi connectivity index (χ0n) is 12.7. The molecule has 1 amide bonds. The molecular weight excluding hydrogens is 276 g/mol. The second-order valence-corrected chi connectivity index (χ2v) is 7.52. The first-order valence-electron chi connectivity index (χ1n) is 8.17. The summed E-state index contributed by atoms with van der Waals surface area (Å²) < 4.78 is 26.5. The third-order valence-electron chi connectivity index (χ3n) is 5.93. The summed E-state index contributed by atoms with van der Waals surface area (Å²) >= 11 is 0. The van der Waals surface area contributed by atoms with E-state index in [0.29, 0.717) is 12.8 Å². The van der Waals surface area contributed by atoms with Gasteiger partial charge in [-0.2, -0.15) is 0 Å². The molecule has 0 aromatic rings. The monoisotopic (exact) mass is 301 g/mol. The normalized spacial score (nSPS) is 40.1. The highest BCUT2D eigenvalue weighted by Gasteiger charge is 2.50. The molecule has 21 heavy (non-hydrogen) atoms. The van der Waals surface area contributed by atoms with E-state index in [9.17, 15) is 18.7 Å². The van der Waals surface area contributed by atoms with Gasteiger partial charge in [-0.15, -0.1) is 0 Å². The van der Waals surface area contributed by atoms with Gasteiger partial charge in [-0.3, -0.25) is 4.79 Å². The topological polar surface area (TPSA) is 40.5 Å². The lowest BCUT2D eigenvalue weighted by Gasteiger charge is -2.42. The number of fused-ring (bicyclic) bond motifs is 1. The van der Waals surface area contributed by atoms with Gasteiger partial charge in [0, 0.05) is 31.3 Å². The Hall–Kier alpha value is -0.710. The highest BCUT2D eigenvalue weighted by Crippen LogP contribution is 2.48. The average Bonchev–Trinajstić information content (AvgIpc) is 2.74. The number of hydrogen-bond donors (Lipinski definition) is 1. The van der Waals surface area contributed by atoms with E-state index in [1.807, 2.05) is 4.90 Å². The summed E-state index contributed by atoms with van der Waals surface area (Å²) in [5, 5.41) is 9.87. The van der Waals surface area contributed by atoms with Gasteiger partial charge in [0.1, 0.15) is 0 Å². The van der Waals surface area contributed by atoms with Gasteiger partial charge >= 0.3 is 0 Å². The minimum absolute atomic E-state index is 0.00588. The van der Waals surface area contributed by atoms with Crippen LogP contribution in [0.1, 0.15) is 58.3 Å². The molecule has 3 rings (SSSR count). The van der Waals surface area contributed by atoms with E-state index in [-0.39, 0.29) is 42.2 Å². The van der Waals surface area contributed by atoms with Crippen molar-refractivity contribution in [3.8, 4) is 0 Å². The first kappa shape index (κ1) is 15.2. The molecule has 3 aliphatic rings. The summed E-state index contributed by atoms with van der Waals surface area (Å²) in [4.78, 5) is 14.7. The summed E-state index contributed by atoms with van der Waals surface area (Å²) in [6.07, 6.45) is 3.32. The average molecular weight is 301 g/mol. The third-order valence-corrected chi connectivity index (χ3v) is 5.93. The summed E-state index contributed by atoms with van der Waals surface area (Å²) in [5.74, 6) is -2.72. The molecule has 120 valence electrons. The van der Waals surface area contributed by atoms with E-state index >= 15 is 0 Å². The number of carbonyl (C=O) groups is 1. The molecule has 0 spiro atoms. The van der Waals surface area contributed by atoms with E-state index < -0.39 is 5.92 Å². The Balaban J connectivity index is 1.66. The zero-order chi connectivity index (χ0) is 15.3. The van der Waals surface area contributed by atoms with Crippen LogP contribution in [0.5, 0.6) is 0 Å². The number of rotatable bonds is 1. The molecule has 0 bridgehead atoms. The fourth-order valence-corrected chi connectivity index (χ4v) is 4.59. The van der Waals surface area contributed by atoms with Crippen LogP contribution in [0.3, 0.4) is 0 Å². The Morgan fingerprint density at radius 1 is 1.14 bits per heavy atom. The minimum Gasteiger partial charge on any atom is -0.393 e. The van der Waals surface area contributed by atoms with Crippen LogP contribution in [-0.2, 0) is 4.79 Å². The maximum Gasteiger partial charge on any atom is 0.248 e. The number of hydrogen-bond acceptors (Lipinski definition) is 2. The molecule has 1 heterocycles. The highest BCUT2D eigenvalue weighted by atomic mass is 19.3. The van der Waals surface area contributed by atoms with Crippen molar-refractivity contribution >= 4 is 5.91 Å². The zero-order valence-corrected chi connectivity index (χ0v) is 12.7. The predicted octanol–water partition coefficient (Wildman–Crippen LogP) is 2.96. The molecule has 2 aliphatic carbocycles. The van der Waals surface area contributed by atoms with Crippen molar-refractivity contribution in [2.24, 2.45) is 11.3 Å². The highest BCUT2D eigenvalue weighted by molar-refractivity contribution is 5.79. The van der Waals surface area contributed by atoms with E-state index in [2.05, 4.69) is 6.92 Å². The lowest BCUT2D eigenvalue weighted by atomic mass is 9.71. The van der Waals surface area contributed by atoms with E-state index in [1.165, 1.54) is 0 Å². The van der Waals surface area contributed by atoms with Gasteiger partial charge in [-0.05, 0) is 43.9 Å². The van der Waals surface area contributed by atoms with Crippen LogP contribution < -0.4 is 0 Å². The molecule has 1 saturated heterocycles. The number of alkyl halides is 2. The van der Waals surface area contributed by atoms with Gasteiger partial charge in [-0.1, -0.05) is 6.92 Å². The quantitative estimate of drug-likeness (QED) is 0.809. The number of nitrogens with zero attached hydrogens (tertiary/aromatic N) is 1. The van der Waals surface area contributed by atoms with Crippen LogP contribution in [-0.4, -0.2) is 40.5 Å². The molecule has 5 heteroatoms. The number of halogens is 2. The Kier molecular flexibility index (Phi) is 3.75. The van der Waals surface area contributed by atoms with Crippen molar-refractivity contribution in [2.75, 3.05) is 6.54 Å². The van der Waals surface area contributed by atoms with Crippen molar-refractivity contribution < 1.29 is 18.7 Å². The Morgan fingerprint density at radius 2 is 1.81 bits per heavy atom. The first-order chi connectivity index (χ1) is 9.81. The molecule has 0 aromatic heterocycles.